The second-order valence-electron chi connectivity index (χ2n) is 4.72. The van der Waals surface area contributed by atoms with Gasteiger partial charge in [-0.2, -0.15) is 0 Å². The molecule has 3 nitrogen and oxygen atoms in total. The van der Waals surface area contributed by atoms with Crippen LogP contribution in [0.2, 0.25) is 0 Å². The Kier molecular flexibility index (Phi) is 4.51. The van der Waals surface area contributed by atoms with Crippen LogP contribution in [-0.4, -0.2) is 18.8 Å². The number of anilines is 1. The van der Waals surface area contributed by atoms with Gasteiger partial charge in [-0.1, -0.05) is 18.2 Å². The van der Waals surface area contributed by atoms with E-state index in [0.29, 0.717) is 5.75 Å². The molecule has 0 saturated carbocycles. The Morgan fingerprint density at radius 1 is 1.15 bits per heavy atom. The van der Waals surface area contributed by atoms with Crippen molar-refractivity contribution >= 4 is 5.69 Å². The second kappa shape index (κ2) is 6.33. The number of phenolic OH excluding ortho intramolecular Hbond substituents is 1. The molecule has 20 heavy (non-hydrogen) atoms. The summed E-state index contributed by atoms with van der Waals surface area (Å²) in [7, 11) is 1.60. The molecule has 0 bridgehead atoms. The van der Waals surface area contributed by atoms with Crippen molar-refractivity contribution in [3.05, 3.63) is 54.1 Å². The molecule has 0 aromatic heterocycles. The quantitative estimate of drug-likeness (QED) is 0.892. The van der Waals surface area contributed by atoms with Gasteiger partial charge in [-0.25, -0.2) is 0 Å². The first-order chi connectivity index (χ1) is 9.67. The predicted octanol–water partition coefficient (Wildman–Crippen LogP) is 3.99. The monoisotopic (exact) mass is 271 g/mol. The summed E-state index contributed by atoms with van der Waals surface area (Å²) in [5, 5.41) is 10.2. The van der Waals surface area contributed by atoms with Crippen LogP contribution in [0, 0.1) is 0 Å². The third-order valence-corrected chi connectivity index (χ3v) is 3.58. The smallest absolute Gasteiger partial charge is 0.124 e. The summed E-state index contributed by atoms with van der Waals surface area (Å²) in [5.74, 6) is 0.937. The first-order valence-corrected chi connectivity index (χ1v) is 6.86. The molecule has 0 aliphatic carbocycles. The third kappa shape index (κ3) is 2.87. The summed E-state index contributed by atoms with van der Waals surface area (Å²) >= 11 is 0. The van der Waals surface area contributed by atoms with Crippen molar-refractivity contribution in [2.24, 2.45) is 0 Å². The van der Waals surface area contributed by atoms with Crippen LogP contribution in [0.4, 0.5) is 5.69 Å². The van der Waals surface area contributed by atoms with Crippen LogP contribution in [-0.2, 0) is 0 Å². The Balaban J connectivity index is 2.31. The van der Waals surface area contributed by atoms with Crippen molar-refractivity contribution in [1.29, 1.82) is 0 Å². The highest BCUT2D eigenvalue weighted by molar-refractivity contribution is 5.51. The van der Waals surface area contributed by atoms with Gasteiger partial charge in [0.25, 0.3) is 0 Å². The first-order valence-electron chi connectivity index (χ1n) is 6.86. The fourth-order valence-corrected chi connectivity index (χ4v) is 2.47. The molecule has 2 aromatic rings. The van der Waals surface area contributed by atoms with Gasteiger partial charge in [0.15, 0.2) is 0 Å². The zero-order valence-electron chi connectivity index (χ0n) is 12.2. The van der Waals surface area contributed by atoms with E-state index in [2.05, 4.69) is 30.9 Å². The topological polar surface area (TPSA) is 32.7 Å². The van der Waals surface area contributed by atoms with Gasteiger partial charge in [0, 0.05) is 23.9 Å². The van der Waals surface area contributed by atoms with Crippen molar-refractivity contribution in [3.63, 3.8) is 0 Å². The number of phenols is 1. The lowest BCUT2D eigenvalue weighted by Crippen LogP contribution is -2.26. The largest absolute Gasteiger partial charge is 0.507 e. The number of methoxy groups -OCH3 is 1. The Labute approximate surface area is 120 Å². The molecule has 106 valence electrons. The molecule has 0 heterocycles. The maximum absolute atomic E-state index is 10.2. The summed E-state index contributed by atoms with van der Waals surface area (Å²) < 4.78 is 5.13. The number of rotatable bonds is 5. The van der Waals surface area contributed by atoms with Crippen molar-refractivity contribution in [1.82, 2.24) is 0 Å². The van der Waals surface area contributed by atoms with Crippen LogP contribution in [0.25, 0.3) is 0 Å². The molecule has 1 atom stereocenters. The van der Waals surface area contributed by atoms with Crippen molar-refractivity contribution in [3.8, 4) is 11.5 Å². The van der Waals surface area contributed by atoms with Crippen LogP contribution in [0.15, 0.2) is 48.5 Å². The number of aromatic hydroxyl groups is 1. The minimum atomic E-state index is 0.0910. The van der Waals surface area contributed by atoms with E-state index >= 15 is 0 Å². The van der Waals surface area contributed by atoms with Crippen LogP contribution < -0.4 is 9.64 Å². The zero-order valence-corrected chi connectivity index (χ0v) is 12.2. The van der Waals surface area contributed by atoms with Crippen LogP contribution in [0.1, 0.15) is 25.5 Å². The molecule has 0 aliphatic rings. The van der Waals surface area contributed by atoms with E-state index < -0.39 is 0 Å². The van der Waals surface area contributed by atoms with E-state index in [9.17, 15) is 5.11 Å². The average molecular weight is 271 g/mol. The fourth-order valence-electron chi connectivity index (χ4n) is 2.47. The number of benzene rings is 2. The highest BCUT2D eigenvalue weighted by atomic mass is 16.5. The van der Waals surface area contributed by atoms with Gasteiger partial charge in [0.1, 0.15) is 11.5 Å². The molecule has 2 rings (SSSR count). The summed E-state index contributed by atoms with van der Waals surface area (Å²) in [6.45, 7) is 5.08. The lowest BCUT2D eigenvalue weighted by atomic mass is 10.0. The second-order valence-corrected chi connectivity index (χ2v) is 4.72. The average Bonchev–Trinajstić information content (AvgIpc) is 2.48. The van der Waals surface area contributed by atoms with Gasteiger partial charge in [-0.05, 0) is 38.1 Å². The molecule has 0 amide bonds. The van der Waals surface area contributed by atoms with E-state index in [4.69, 9.17) is 4.74 Å². The lowest BCUT2D eigenvalue weighted by molar-refractivity contribution is 0.405. The highest BCUT2D eigenvalue weighted by Crippen LogP contribution is 2.33. The molecule has 3 heteroatoms. The van der Waals surface area contributed by atoms with Crippen LogP contribution in [0.3, 0.4) is 0 Å². The van der Waals surface area contributed by atoms with E-state index in [0.717, 1.165) is 17.8 Å². The maximum Gasteiger partial charge on any atom is 0.124 e. The molecule has 0 spiro atoms. The van der Waals surface area contributed by atoms with Crippen molar-refractivity contribution in [2.45, 2.75) is 19.9 Å². The fraction of sp³-hybridized carbons (Fsp3) is 0.294. The van der Waals surface area contributed by atoms with Crippen LogP contribution in [0.5, 0.6) is 11.5 Å². The van der Waals surface area contributed by atoms with Gasteiger partial charge in [-0.3, -0.25) is 0 Å². The van der Waals surface area contributed by atoms with E-state index in [1.807, 2.05) is 30.3 Å². The van der Waals surface area contributed by atoms with Gasteiger partial charge < -0.3 is 14.7 Å². The third-order valence-electron chi connectivity index (χ3n) is 3.58. The number of hydrogen-bond acceptors (Lipinski definition) is 3. The van der Waals surface area contributed by atoms with E-state index in [1.54, 1.807) is 13.2 Å². The molecule has 1 N–H and O–H groups in total. The number of hydrogen-bond donors (Lipinski definition) is 1. The normalized spacial score (nSPS) is 11.9. The molecule has 0 saturated heterocycles. The molecule has 0 fully saturated rings. The van der Waals surface area contributed by atoms with Crippen molar-refractivity contribution in [2.75, 3.05) is 18.6 Å². The van der Waals surface area contributed by atoms with Gasteiger partial charge in [0.2, 0.25) is 0 Å². The molecule has 0 radical (unpaired) electrons. The Morgan fingerprint density at radius 3 is 2.40 bits per heavy atom. The molecular weight excluding hydrogens is 250 g/mol. The number of nitrogens with zero attached hydrogens (tertiary/aromatic N) is 1. The number of ether oxygens (including phenoxy) is 1. The van der Waals surface area contributed by atoms with E-state index in [1.165, 1.54) is 0 Å². The number of para-hydroxylation sites is 1. The van der Waals surface area contributed by atoms with Gasteiger partial charge in [-0.15, -0.1) is 0 Å². The maximum atomic E-state index is 10.2. The zero-order chi connectivity index (χ0) is 14.5. The Morgan fingerprint density at radius 2 is 1.85 bits per heavy atom. The molecular formula is C17H21NO2. The van der Waals surface area contributed by atoms with E-state index in [-0.39, 0.29) is 11.8 Å². The van der Waals surface area contributed by atoms with Gasteiger partial charge in [0.05, 0.1) is 13.2 Å². The molecule has 0 aliphatic heterocycles. The molecule has 2 aromatic carbocycles. The first kappa shape index (κ1) is 14.3. The standard InChI is InChI=1S/C17H21NO2/c1-4-18(14-8-6-5-7-9-14)13(2)16-11-10-15(20-3)12-17(16)19/h5-13,19H,4H2,1-3H3. The minimum Gasteiger partial charge on any atom is -0.507 e. The van der Waals surface area contributed by atoms with Crippen LogP contribution >= 0.6 is 0 Å². The predicted molar refractivity (Wildman–Crippen MR) is 82.5 cm³/mol. The summed E-state index contributed by atoms with van der Waals surface area (Å²) in [4.78, 5) is 2.25. The van der Waals surface area contributed by atoms with Crippen molar-refractivity contribution < 1.29 is 9.84 Å². The minimum absolute atomic E-state index is 0.0910. The summed E-state index contributed by atoms with van der Waals surface area (Å²) in [6, 6.07) is 15.8. The Bertz CT molecular complexity index is 554. The molecule has 1 unspecified atom stereocenters. The summed E-state index contributed by atoms with van der Waals surface area (Å²) in [5.41, 5.74) is 2.05. The highest BCUT2D eigenvalue weighted by Gasteiger charge is 2.18. The SMILES string of the molecule is CCN(c1ccccc1)C(C)c1ccc(OC)cc1O. The Hall–Kier alpha value is -2.16. The summed E-state index contributed by atoms with van der Waals surface area (Å²) in [6.07, 6.45) is 0. The van der Waals surface area contributed by atoms with Gasteiger partial charge >= 0.3 is 0 Å². The lowest BCUT2D eigenvalue weighted by Gasteiger charge is -2.31.